The number of carbonyl (C=O) groups excluding carboxylic acids is 1. The van der Waals surface area contributed by atoms with Crippen LogP contribution < -0.4 is 0 Å². The van der Waals surface area contributed by atoms with E-state index < -0.39 is 5.97 Å². The van der Waals surface area contributed by atoms with Crippen LogP contribution in [0.1, 0.15) is 33.8 Å². The Hall–Kier alpha value is -1.82. The first-order valence-corrected chi connectivity index (χ1v) is 5.75. The van der Waals surface area contributed by atoms with Gasteiger partial charge in [-0.1, -0.05) is 0 Å². The van der Waals surface area contributed by atoms with Crippen LogP contribution in [-0.2, 0) is 4.74 Å². The highest BCUT2D eigenvalue weighted by molar-refractivity contribution is 5.95. The Labute approximate surface area is 104 Å². The Morgan fingerprint density at radius 2 is 2.11 bits per heavy atom. The number of likely N-dealkylation sites (tertiary alicyclic amines) is 1. The molecule has 6 heteroatoms. The molecule has 0 aromatic carbocycles. The van der Waals surface area contributed by atoms with Crippen molar-refractivity contribution in [2.24, 2.45) is 0 Å². The number of carbonyl (C=O) groups is 2. The first-order chi connectivity index (χ1) is 8.61. The molecule has 1 fully saturated rings. The molecule has 2 rings (SSSR count). The molecular weight excluding hydrogens is 238 g/mol. The fourth-order valence-electron chi connectivity index (χ4n) is 2.01. The summed E-state index contributed by atoms with van der Waals surface area (Å²) in [7, 11) is 1.66. The van der Waals surface area contributed by atoms with Crippen LogP contribution in [0.15, 0.2) is 16.7 Å². The number of ether oxygens (including phenoxy) is 1. The summed E-state index contributed by atoms with van der Waals surface area (Å²) in [6, 6.07) is 1.26. The number of rotatable bonds is 3. The maximum atomic E-state index is 12.0. The van der Waals surface area contributed by atoms with E-state index in [2.05, 4.69) is 0 Å². The van der Waals surface area contributed by atoms with Gasteiger partial charge in [-0.2, -0.15) is 0 Å². The van der Waals surface area contributed by atoms with Crippen LogP contribution in [0.2, 0.25) is 0 Å². The van der Waals surface area contributed by atoms with E-state index in [0.717, 1.165) is 19.1 Å². The zero-order valence-corrected chi connectivity index (χ0v) is 10.1. The van der Waals surface area contributed by atoms with Gasteiger partial charge in [-0.3, -0.25) is 4.79 Å². The highest BCUT2D eigenvalue weighted by Crippen LogP contribution is 2.17. The number of methoxy groups -OCH3 is 1. The predicted molar refractivity (Wildman–Crippen MR) is 61.6 cm³/mol. The van der Waals surface area contributed by atoms with E-state index in [-0.39, 0.29) is 23.3 Å². The number of furan rings is 1. The molecule has 6 nitrogen and oxygen atoms in total. The molecule has 1 aromatic rings. The molecule has 0 unspecified atom stereocenters. The second-order valence-electron chi connectivity index (χ2n) is 4.23. The van der Waals surface area contributed by atoms with Crippen molar-refractivity contribution in [2.75, 3.05) is 20.2 Å². The Morgan fingerprint density at radius 1 is 1.44 bits per heavy atom. The number of hydrogen-bond acceptors (Lipinski definition) is 4. The van der Waals surface area contributed by atoms with Crippen LogP contribution in [0.5, 0.6) is 0 Å². The molecule has 1 aliphatic heterocycles. The fourth-order valence-corrected chi connectivity index (χ4v) is 2.01. The summed E-state index contributed by atoms with van der Waals surface area (Å²) in [6.45, 7) is 1.20. The molecule has 0 radical (unpaired) electrons. The third kappa shape index (κ3) is 2.53. The van der Waals surface area contributed by atoms with Crippen molar-refractivity contribution in [2.45, 2.75) is 18.9 Å². The molecule has 1 saturated heterocycles. The number of nitrogens with zero attached hydrogens (tertiary/aromatic N) is 1. The van der Waals surface area contributed by atoms with E-state index >= 15 is 0 Å². The molecular formula is C12H15NO5. The van der Waals surface area contributed by atoms with E-state index in [9.17, 15) is 9.59 Å². The summed E-state index contributed by atoms with van der Waals surface area (Å²) >= 11 is 0. The van der Waals surface area contributed by atoms with Gasteiger partial charge in [0.2, 0.25) is 0 Å². The fraction of sp³-hybridized carbons (Fsp3) is 0.500. The van der Waals surface area contributed by atoms with E-state index in [1.54, 1.807) is 12.0 Å². The van der Waals surface area contributed by atoms with Gasteiger partial charge < -0.3 is 19.2 Å². The van der Waals surface area contributed by atoms with Crippen molar-refractivity contribution in [3.05, 3.63) is 23.7 Å². The van der Waals surface area contributed by atoms with Gasteiger partial charge in [0.25, 0.3) is 5.91 Å². The summed E-state index contributed by atoms with van der Waals surface area (Å²) in [6.07, 6.45) is 2.85. The summed E-state index contributed by atoms with van der Waals surface area (Å²) in [5.74, 6) is -1.30. The highest BCUT2D eigenvalue weighted by atomic mass is 16.5. The number of carboxylic acids is 1. The zero-order valence-electron chi connectivity index (χ0n) is 10.1. The summed E-state index contributed by atoms with van der Waals surface area (Å²) < 4.78 is 10.2. The normalized spacial score (nSPS) is 16.8. The molecule has 2 heterocycles. The lowest BCUT2D eigenvalue weighted by molar-refractivity contribution is 0.0334. The van der Waals surface area contributed by atoms with E-state index in [4.69, 9.17) is 14.3 Å². The zero-order chi connectivity index (χ0) is 13.1. The van der Waals surface area contributed by atoms with Crippen LogP contribution >= 0.6 is 0 Å². The second kappa shape index (κ2) is 5.22. The minimum atomic E-state index is -1.10. The monoisotopic (exact) mass is 253 g/mol. The van der Waals surface area contributed by atoms with Crippen LogP contribution in [0.3, 0.4) is 0 Å². The lowest BCUT2D eigenvalue weighted by Gasteiger charge is -2.30. The van der Waals surface area contributed by atoms with Gasteiger partial charge in [0, 0.05) is 26.3 Å². The lowest BCUT2D eigenvalue weighted by Crippen LogP contribution is -2.40. The number of piperidine rings is 1. The number of amides is 1. The first kappa shape index (κ1) is 12.6. The van der Waals surface area contributed by atoms with Gasteiger partial charge in [0.15, 0.2) is 5.76 Å². The van der Waals surface area contributed by atoms with Gasteiger partial charge >= 0.3 is 5.97 Å². The Balaban J connectivity index is 2.01. The van der Waals surface area contributed by atoms with E-state index in [1.807, 2.05) is 0 Å². The third-order valence-electron chi connectivity index (χ3n) is 3.12. The minimum absolute atomic E-state index is 0.00914. The molecule has 1 aromatic heterocycles. The Bertz CT molecular complexity index is 445. The largest absolute Gasteiger partial charge is 0.478 e. The summed E-state index contributed by atoms with van der Waals surface area (Å²) in [4.78, 5) is 24.4. The number of aromatic carboxylic acids is 1. The minimum Gasteiger partial charge on any atom is -0.478 e. The number of carboxylic acid groups (broad SMARTS) is 1. The molecule has 0 aliphatic carbocycles. The standard InChI is InChI=1S/C12H15NO5/c1-17-9-2-4-13(5-3-9)11(14)10-6-8(7-18-10)12(15)16/h6-7,9H,2-5H2,1H3,(H,15,16). The van der Waals surface area contributed by atoms with E-state index in [1.165, 1.54) is 6.07 Å². The van der Waals surface area contributed by atoms with Gasteiger partial charge in [0.05, 0.1) is 11.7 Å². The topological polar surface area (TPSA) is 80.0 Å². The molecule has 0 bridgehead atoms. The van der Waals surface area contributed by atoms with E-state index in [0.29, 0.717) is 13.1 Å². The first-order valence-electron chi connectivity index (χ1n) is 5.75. The summed E-state index contributed by atoms with van der Waals surface area (Å²) in [5.41, 5.74) is -0.00914. The molecule has 0 saturated carbocycles. The average Bonchev–Trinajstić information content (AvgIpc) is 2.88. The van der Waals surface area contributed by atoms with Crippen molar-refractivity contribution in [1.29, 1.82) is 0 Å². The smallest absolute Gasteiger partial charge is 0.338 e. The number of hydrogen-bond donors (Lipinski definition) is 1. The van der Waals surface area contributed by atoms with Crippen molar-refractivity contribution in [1.82, 2.24) is 4.90 Å². The lowest BCUT2D eigenvalue weighted by atomic mass is 10.1. The average molecular weight is 253 g/mol. The van der Waals surface area contributed by atoms with Crippen LogP contribution in [-0.4, -0.2) is 48.2 Å². The van der Waals surface area contributed by atoms with Crippen LogP contribution in [0.25, 0.3) is 0 Å². The van der Waals surface area contributed by atoms with Gasteiger partial charge in [0.1, 0.15) is 6.26 Å². The Kier molecular flexibility index (Phi) is 3.66. The van der Waals surface area contributed by atoms with Crippen molar-refractivity contribution >= 4 is 11.9 Å². The molecule has 0 spiro atoms. The van der Waals surface area contributed by atoms with Crippen LogP contribution in [0, 0.1) is 0 Å². The van der Waals surface area contributed by atoms with Crippen molar-refractivity contribution in [3.8, 4) is 0 Å². The van der Waals surface area contributed by atoms with Crippen molar-refractivity contribution in [3.63, 3.8) is 0 Å². The molecule has 18 heavy (non-hydrogen) atoms. The molecule has 1 aliphatic rings. The van der Waals surface area contributed by atoms with Gasteiger partial charge in [-0.25, -0.2) is 4.79 Å². The molecule has 98 valence electrons. The third-order valence-corrected chi connectivity index (χ3v) is 3.12. The SMILES string of the molecule is COC1CCN(C(=O)c2cc(C(=O)O)co2)CC1. The summed E-state index contributed by atoms with van der Waals surface area (Å²) in [5, 5.41) is 8.76. The Morgan fingerprint density at radius 3 is 2.61 bits per heavy atom. The van der Waals surface area contributed by atoms with Gasteiger partial charge in [-0.15, -0.1) is 0 Å². The molecule has 1 N–H and O–H groups in total. The predicted octanol–water partition coefficient (Wildman–Crippen LogP) is 1.23. The maximum Gasteiger partial charge on any atom is 0.338 e. The maximum absolute atomic E-state index is 12.0. The molecule has 1 amide bonds. The van der Waals surface area contributed by atoms with Crippen LogP contribution in [0.4, 0.5) is 0 Å². The molecule has 0 atom stereocenters. The van der Waals surface area contributed by atoms with Crippen molar-refractivity contribution < 1.29 is 23.8 Å². The second-order valence-corrected chi connectivity index (χ2v) is 4.23. The van der Waals surface area contributed by atoms with Gasteiger partial charge in [-0.05, 0) is 12.8 Å². The quantitative estimate of drug-likeness (QED) is 0.876. The highest BCUT2D eigenvalue weighted by Gasteiger charge is 2.25.